The van der Waals surface area contributed by atoms with Gasteiger partial charge in [-0.3, -0.25) is 4.90 Å². The number of benzene rings is 1. The molecule has 110 valence electrons. The quantitative estimate of drug-likeness (QED) is 0.737. The van der Waals surface area contributed by atoms with Gasteiger partial charge < -0.3 is 5.32 Å². The number of hydrogen-bond donors (Lipinski definition) is 1. The van der Waals surface area contributed by atoms with E-state index in [9.17, 15) is 0 Å². The van der Waals surface area contributed by atoms with Gasteiger partial charge in [0.15, 0.2) is 0 Å². The molecule has 0 heterocycles. The normalized spacial score (nSPS) is 18.7. The van der Waals surface area contributed by atoms with E-state index in [1.165, 1.54) is 56.2 Å². The molecule has 1 aromatic rings. The second kappa shape index (κ2) is 6.73. The van der Waals surface area contributed by atoms with E-state index in [1.807, 2.05) is 0 Å². The topological polar surface area (TPSA) is 15.3 Å². The van der Waals surface area contributed by atoms with Crippen LogP contribution in [0.15, 0.2) is 24.3 Å². The summed E-state index contributed by atoms with van der Waals surface area (Å²) in [7, 11) is 0. The van der Waals surface area contributed by atoms with E-state index < -0.39 is 0 Å². The smallest absolute Gasteiger partial charge is 0.0236 e. The van der Waals surface area contributed by atoms with Gasteiger partial charge in [-0.1, -0.05) is 37.6 Å². The monoisotopic (exact) mass is 272 g/mol. The fourth-order valence-corrected chi connectivity index (χ4v) is 2.74. The van der Waals surface area contributed by atoms with E-state index in [1.54, 1.807) is 0 Å². The van der Waals surface area contributed by atoms with Gasteiger partial charge in [0.2, 0.25) is 0 Å². The van der Waals surface area contributed by atoms with Crippen LogP contribution in [0.2, 0.25) is 0 Å². The van der Waals surface area contributed by atoms with Crippen LogP contribution >= 0.6 is 0 Å². The lowest BCUT2D eigenvalue weighted by Gasteiger charge is -2.22. The fraction of sp³-hybridized carbons (Fsp3) is 0.667. The van der Waals surface area contributed by atoms with Crippen molar-refractivity contribution >= 4 is 0 Å². The summed E-state index contributed by atoms with van der Waals surface area (Å²) in [4.78, 5) is 2.68. The van der Waals surface area contributed by atoms with E-state index in [0.29, 0.717) is 0 Å². The molecule has 1 aromatic carbocycles. The molecule has 1 N–H and O–H groups in total. The lowest BCUT2D eigenvalue weighted by molar-refractivity contribution is 0.250. The second-order valence-corrected chi connectivity index (χ2v) is 6.53. The zero-order valence-corrected chi connectivity index (χ0v) is 12.8. The molecule has 0 unspecified atom stereocenters. The molecule has 2 fully saturated rings. The number of rotatable bonds is 9. The average molecular weight is 272 g/mol. The van der Waals surface area contributed by atoms with Crippen LogP contribution in [0, 0.1) is 0 Å². The van der Waals surface area contributed by atoms with Gasteiger partial charge in [0.05, 0.1) is 0 Å². The van der Waals surface area contributed by atoms with Gasteiger partial charge in [0, 0.05) is 25.2 Å². The standard InChI is InChI=1S/C18H28N2/c1-2-3-12-20(18-10-11-18)14-16-6-4-15(5-7-16)13-19-17-8-9-17/h4-7,17-19H,2-3,8-14H2,1H3. The molecule has 20 heavy (non-hydrogen) atoms. The van der Waals surface area contributed by atoms with Crippen molar-refractivity contribution in [3.8, 4) is 0 Å². The van der Waals surface area contributed by atoms with E-state index in [2.05, 4.69) is 41.4 Å². The summed E-state index contributed by atoms with van der Waals surface area (Å²) in [5.74, 6) is 0. The SMILES string of the molecule is CCCCN(Cc1ccc(CNC2CC2)cc1)C1CC1. The van der Waals surface area contributed by atoms with Gasteiger partial charge >= 0.3 is 0 Å². The van der Waals surface area contributed by atoms with Gasteiger partial charge in [-0.2, -0.15) is 0 Å². The molecule has 0 amide bonds. The van der Waals surface area contributed by atoms with E-state index in [-0.39, 0.29) is 0 Å². The van der Waals surface area contributed by atoms with Crippen molar-refractivity contribution in [2.75, 3.05) is 6.54 Å². The Labute approximate surface area is 123 Å². The summed E-state index contributed by atoms with van der Waals surface area (Å²) in [6.07, 6.45) is 8.19. The van der Waals surface area contributed by atoms with Crippen LogP contribution in [-0.4, -0.2) is 23.5 Å². The highest BCUT2D eigenvalue weighted by Gasteiger charge is 2.28. The van der Waals surface area contributed by atoms with Gasteiger partial charge in [-0.15, -0.1) is 0 Å². The summed E-state index contributed by atoms with van der Waals surface area (Å²) < 4.78 is 0. The van der Waals surface area contributed by atoms with Crippen molar-refractivity contribution in [3.63, 3.8) is 0 Å². The molecule has 0 bridgehead atoms. The maximum absolute atomic E-state index is 3.58. The Bertz CT molecular complexity index is 404. The maximum Gasteiger partial charge on any atom is 0.0236 e. The first-order valence-corrected chi connectivity index (χ1v) is 8.40. The molecule has 0 atom stereocenters. The maximum atomic E-state index is 3.58. The molecular formula is C18H28N2. The van der Waals surface area contributed by atoms with E-state index in [4.69, 9.17) is 0 Å². The Morgan fingerprint density at radius 1 is 1.05 bits per heavy atom. The number of nitrogens with one attached hydrogen (secondary N) is 1. The molecule has 0 spiro atoms. The molecule has 3 rings (SSSR count). The fourth-order valence-electron chi connectivity index (χ4n) is 2.74. The van der Waals surface area contributed by atoms with Crippen LogP contribution in [0.1, 0.15) is 56.6 Å². The zero-order chi connectivity index (χ0) is 13.8. The number of hydrogen-bond acceptors (Lipinski definition) is 2. The Morgan fingerprint density at radius 2 is 1.75 bits per heavy atom. The molecule has 2 aliphatic carbocycles. The first-order valence-electron chi connectivity index (χ1n) is 8.40. The van der Waals surface area contributed by atoms with Crippen molar-refractivity contribution in [2.45, 2.75) is 70.6 Å². The highest BCUT2D eigenvalue weighted by molar-refractivity contribution is 5.22. The molecule has 2 nitrogen and oxygen atoms in total. The Kier molecular flexibility index (Phi) is 4.74. The summed E-state index contributed by atoms with van der Waals surface area (Å²) >= 11 is 0. The largest absolute Gasteiger partial charge is 0.310 e. The summed E-state index contributed by atoms with van der Waals surface area (Å²) in [6.45, 7) is 5.73. The zero-order valence-electron chi connectivity index (χ0n) is 12.8. The van der Waals surface area contributed by atoms with Crippen molar-refractivity contribution in [2.24, 2.45) is 0 Å². The minimum atomic E-state index is 0.800. The van der Waals surface area contributed by atoms with Gasteiger partial charge in [0.25, 0.3) is 0 Å². The number of unbranched alkanes of at least 4 members (excludes halogenated alkanes) is 1. The number of nitrogens with zero attached hydrogens (tertiary/aromatic N) is 1. The molecule has 2 aliphatic rings. The van der Waals surface area contributed by atoms with Crippen LogP contribution in [0.5, 0.6) is 0 Å². The Hall–Kier alpha value is -0.860. The van der Waals surface area contributed by atoms with E-state index >= 15 is 0 Å². The van der Waals surface area contributed by atoms with Crippen LogP contribution in [0.3, 0.4) is 0 Å². The van der Waals surface area contributed by atoms with Gasteiger partial charge in [-0.05, 0) is 49.8 Å². The molecule has 0 aromatic heterocycles. The van der Waals surface area contributed by atoms with Gasteiger partial charge in [-0.25, -0.2) is 0 Å². The Balaban J connectivity index is 1.50. The average Bonchev–Trinajstić information content (AvgIpc) is 3.36. The molecule has 0 radical (unpaired) electrons. The minimum absolute atomic E-state index is 0.800. The van der Waals surface area contributed by atoms with Crippen molar-refractivity contribution in [1.29, 1.82) is 0 Å². The van der Waals surface area contributed by atoms with Crippen LogP contribution in [0.25, 0.3) is 0 Å². The third-order valence-electron chi connectivity index (χ3n) is 4.44. The third-order valence-corrected chi connectivity index (χ3v) is 4.44. The van der Waals surface area contributed by atoms with Crippen molar-refractivity contribution < 1.29 is 0 Å². The summed E-state index contributed by atoms with van der Waals surface area (Å²) in [5, 5.41) is 3.58. The van der Waals surface area contributed by atoms with Crippen LogP contribution in [-0.2, 0) is 13.1 Å². The highest BCUT2D eigenvalue weighted by Crippen LogP contribution is 2.28. The predicted molar refractivity (Wildman–Crippen MR) is 84.6 cm³/mol. The molecular weight excluding hydrogens is 244 g/mol. The van der Waals surface area contributed by atoms with Crippen molar-refractivity contribution in [3.05, 3.63) is 35.4 Å². The summed E-state index contributed by atoms with van der Waals surface area (Å²) in [6, 6.07) is 10.9. The molecule has 2 saturated carbocycles. The predicted octanol–water partition coefficient (Wildman–Crippen LogP) is 3.70. The van der Waals surface area contributed by atoms with Crippen molar-refractivity contribution in [1.82, 2.24) is 10.2 Å². The first-order chi connectivity index (χ1) is 9.85. The summed E-state index contributed by atoms with van der Waals surface area (Å²) in [5.41, 5.74) is 2.90. The Morgan fingerprint density at radius 3 is 2.35 bits per heavy atom. The molecule has 2 heteroatoms. The third kappa shape index (κ3) is 4.32. The van der Waals surface area contributed by atoms with Crippen LogP contribution < -0.4 is 5.32 Å². The van der Waals surface area contributed by atoms with E-state index in [0.717, 1.165) is 25.2 Å². The lowest BCUT2D eigenvalue weighted by atomic mass is 10.1. The highest BCUT2D eigenvalue weighted by atomic mass is 15.2. The minimum Gasteiger partial charge on any atom is -0.310 e. The second-order valence-electron chi connectivity index (χ2n) is 6.53. The lowest BCUT2D eigenvalue weighted by Crippen LogP contribution is -2.26. The first kappa shape index (κ1) is 14.1. The van der Waals surface area contributed by atoms with Gasteiger partial charge in [0.1, 0.15) is 0 Å². The van der Waals surface area contributed by atoms with Crippen LogP contribution in [0.4, 0.5) is 0 Å². The molecule has 0 saturated heterocycles. The molecule has 0 aliphatic heterocycles.